The first-order valence-electron chi connectivity index (χ1n) is 5.71. The summed E-state index contributed by atoms with van der Waals surface area (Å²) in [6, 6.07) is 10.2. The van der Waals surface area contributed by atoms with E-state index in [0.29, 0.717) is 5.56 Å². The summed E-state index contributed by atoms with van der Waals surface area (Å²) in [7, 11) is 0. The van der Waals surface area contributed by atoms with Crippen molar-refractivity contribution in [2.24, 2.45) is 0 Å². The van der Waals surface area contributed by atoms with Gasteiger partial charge in [-0.25, -0.2) is 8.78 Å². The zero-order chi connectivity index (χ0) is 13.8. The third kappa shape index (κ3) is 3.41. The molecule has 0 amide bonds. The smallest absolute Gasteiger partial charge is 0.167 e. The maximum atomic E-state index is 13.4. The minimum absolute atomic E-state index is 0.0824. The van der Waals surface area contributed by atoms with Gasteiger partial charge in [0.25, 0.3) is 0 Å². The van der Waals surface area contributed by atoms with Crippen LogP contribution in [0.2, 0.25) is 0 Å². The molecule has 0 aliphatic heterocycles. The Kier molecular flexibility index (Phi) is 4.32. The van der Waals surface area contributed by atoms with Crippen LogP contribution in [0.25, 0.3) is 0 Å². The molecule has 0 aliphatic carbocycles. The van der Waals surface area contributed by atoms with Crippen LogP contribution in [0.15, 0.2) is 47.4 Å². The molecule has 0 heterocycles. The van der Waals surface area contributed by atoms with Crippen LogP contribution < -0.4 is 0 Å². The molecule has 2 aromatic rings. The van der Waals surface area contributed by atoms with Crippen molar-refractivity contribution in [3.8, 4) is 0 Å². The normalized spacial score (nSPS) is 10.5. The maximum absolute atomic E-state index is 13.4. The highest BCUT2D eigenvalue weighted by Gasteiger charge is 2.11. The summed E-state index contributed by atoms with van der Waals surface area (Å²) in [6.07, 6.45) is 1.81. The molecule has 1 nitrogen and oxygen atoms in total. The van der Waals surface area contributed by atoms with Crippen molar-refractivity contribution < 1.29 is 13.6 Å². The molecule has 0 radical (unpaired) electrons. The van der Waals surface area contributed by atoms with E-state index in [1.807, 2.05) is 18.4 Å². The van der Waals surface area contributed by atoms with Crippen LogP contribution in [0.3, 0.4) is 0 Å². The van der Waals surface area contributed by atoms with Gasteiger partial charge in [-0.2, -0.15) is 0 Å². The van der Waals surface area contributed by atoms with Gasteiger partial charge in [-0.3, -0.25) is 4.79 Å². The lowest BCUT2D eigenvalue weighted by atomic mass is 10.0. The number of hydrogen-bond acceptors (Lipinski definition) is 2. The highest BCUT2D eigenvalue weighted by Crippen LogP contribution is 2.17. The summed E-state index contributed by atoms with van der Waals surface area (Å²) in [5.74, 6) is -1.32. The molecule has 0 saturated heterocycles. The molecule has 0 aromatic heterocycles. The van der Waals surface area contributed by atoms with Crippen LogP contribution in [-0.2, 0) is 6.42 Å². The number of ketones is 1. The molecule has 19 heavy (non-hydrogen) atoms. The summed E-state index contributed by atoms with van der Waals surface area (Å²) < 4.78 is 26.5. The lowest BCUT2D eigenvalue weighted by Crippen LogP contribution is -2.05. The van der Waals surface area contributed by atoms with Crippen LogP contribution in [0.1, 0.15) is 15.9 Å². The fourth-order valence-electron chi connectivity index (χ4n) is 1.73. The first-order valence-corrected chi connectivity index (χ1v) is 6.94. The molecular formula is C15H12F2OS. The zero-order valence-corrected chi connectivity index (χ0v) is 11.1. The van der Waals surface area contributed by atoms with Gasteiger partial charge in [0.1, 0.15) is 11.6 Å². The van der Waals surface area contributed by atoms with Crippen molar-refractivity contribution in [1.29, 1.82) is 0 Å². The number of hydrogen-bond donors (Lipinski definition) is 0. The third-order valence-corrected chi connectivity index (χ3v) is 3.51. The van der Waals surface area contributed by atoms with Crippen molar-refractivity contribution in [3.63, 3.8) is 0 Å². The summed E-state index contributed by atoms with van der Waals surface area (Å²) in [6.45, 7) is 0. The minimum Gasteiger partial charge on any atom is -0.294 e. The number of benzene rings is 2. The Balaban J connectivity index is 2.18. The Labute approximate surface area is 114 Å². The molecular weight excluding hydrogens is 266 g/mol. The summed E-state index contributed by atoms with van der Waals surface area (Å²) in [5, 5.41) is 0. The summed E-state index contributed by atoms with van der Waals surface area (Å²) in [5.41, 5.74) is 0.584. The molecule has 0 unspecified atom stereocenters. The summed E-state index contributed by atoms with van der Waals surface area (Å²) in [4.78, 5) is 13.0. The van der Waals surface area contributed by atoms with E-state index in [2.05, 4.69) is 0 Å². The highest BCUT2D eigenvalue weighted by atomic mass is 32.2. The van der Waals surface area contributed by atoms with Crippen LogP contribution in [0, 0.1) is 11.6 Å². The fourth-order valence-corrected chi connectivity index (χ4v) is 2.14. The van der Waals surface area contributed by atoms with E-state index >= 15 is 0 Å². The zero-order valence-electron chi connectivity index (χ0n) is 10.3. The van der Waals surface area contributed by atoms with E-state index < -0.39 is 11.6 Å². The number of rotatable bonds is 4. The van der Waals surface area contributed by atoms with Crippen LogP contribution in [0.4, 0.5) is 8.78 Å². The van der Waals surface area contributed by atoms with Crippen molar-refractivity contribution in [2.45, 2.75) is 11.3 Å². The minimum atomic E-state index is -0.560. The predicted molar refractivity (Wildman–Crippen MR) is 72.6 cm³/mol. The molecule has 0 bridgehead atoms. The Morgan fingerprint density at radius 3 is 2.42 bits per heavy atom. The molecule has 0 atom stereocenters. The Bertz CT molecular complexity index is 594. The van der Waals surface area contributed by atoms with Crippen LogP contribution in [0.5, 0.6) is 0 Å². The topological polar surface area (TPSA) is 17.1 Å². The molecule has 0 saturated carbocycles. The molecule has 2 rings (SSSR count). The molecule has 0 spiro atoms. The average molecular weight is 278 g/mol. The highest BCUT2D eigenvalue weighted by molar-refractivity contribution is 7.98. The quantitative estimate of drug-likeness (QED) is 0.618. The lowest BCUT2D eigenvalue weighted by Gasteiger charge is -2.04. The lowest BCUT2D eigenvalue weighted by molar-refractivity contribution is 0.0991. The van der Waals surface area contributed by atoms with Gasteiger partial charge in [-0.05, 0) is 42.2 Å². The molecule has 98 valence electrons. The van der Waals surface area contributed by atoms with E-state index in [1.165, 1.54) is 0 Å². The number of Topliss-reactive ketones (excluding diaryl/α,β-unsaturated/α-hetero) is 1. The molecule has 0 fully saturated rings. The van der Waals surface area contributed by atoms with Crippen molar-refractivity contribution in [2.75, 3.05) is 6.26 Å². The number of carbonyl (C=O) groups is 1. The third-order valence-electron chi connectivity index (χ3n) is 2.77. The van der Waals surface area contributed by atoms with Crippen LogP contribution >= 0.6 is 11.8 Å². The van der Waals surface area contributed by atoms with Gasteiger partial charge in [0.15, 0.2) is 5.78 Å². The second kappa shape index (κ2) is 5.97. The molecule has 2 aromatic carbocycles. The Morgan fingerprint density at radius 2 is 1.79 bits per heavy atom. The molecule has 4 heteroatoms. The standard InChI is InChI=1S/C15H12F2OS/c1-19-13-5-2-10(3-6-13)15(18)9-11-8-12(16)4-7-14(11)17/h2-8H,9H2,1H3. The Morgan fingerprint density at radius 1 is 1.11 bits per heavy atom. The van der Waals surface area contributed by atoms with Crippen molar-refractivity contribution >= 4 is 17.5 Å². The van der Waals surface area contributed by atoms with Crippen molar-refractivity contribution in [1.82, 2.24) is 0 Å². The predicted octanol–water partition coefficient (Wildman–Crippen LogP) is 4.11. The second-order valence-corrected chi connectivity index (χ2v) is 4.94. The van der Waals surface area contributed by atoms with Gasteiger partial charge in [-0.15, -0.1) is 11.8 Å². The summed E-state index contributed by atoms with van der Waals surface area (Å²) >= 11 is 1.58. The fraction of sp³-hybridized carbons (Fsp3) is 0.133. The molecule has 0 aliphatic rings. The van der Waals surface area contributed by atoms with E-state index in [1.54, 1.807) is 23.9 Å². The Hall–Kier alpha value is -1.68. The van der Waals surface area contributed by atoms with Gasteiger partial charge in [0.05, 0.1) is 0 Å². The maximum Gasteiger partial charge on any atom is 0.167 e. The first kappa shape index (κ1) is 13.7. The molecule has 0 N–H and O–H groups in total. The van der Waals surface area contributed by atoms with Crippen molar-refractivity contribution in [3.05, 3.63) is 65.2 Å². The van der Waals surface area contributed by atoms with E-state index in [0.717, 1.165) is 23.1 Å². The SMILES string of the molecule is CSc1ccc(C(=O)Cc2cc(F)ccc2F)cc1. The largest absolute Gasteiger partial charge is 0.294 e. The van der Waals surface area contributed by atoms with Gasteiger partial charge in [-0.1, -0.05) is 12.1 Å². The van der Waals surface area contributed by atoms with Gasteiger partial charge >= 0.3 is 0 Å². The number of halogens is 2. The van der Waals surface area contributed by atoms with Crippen LogP contribution in [-0.4, -0.2) is 12.0 Å². The number of thioether (sulfide) groups is 1. The van der Waals surface area contributed by atoms with Gasteiger partial charge < -0.3 is 0 Å². The second-order valence-electron chi connectivity index (χ2n) is 4.06. The van der Waals surface area contributed by atoms with E-state index in [9.17, 15) is 13.6 Å². The van der Waals surface area contributed by atoms with E-state index in [4.69, 9.17) is 0 Å². The van der Waals surface area contributed by atoms with Gasteiger partial charge in [0, 0.05) is 16.9 Å². The van der Waals surface area contributed by atoms with Gasteiger partial charge in [0.2, 0.25) is 0 Å². The van der Waals surface area contributed by atoms with E-state index in [-0.39, 0.29) is 17.8 Å². The number of carbonyl (C=O) groups excluding carboxylic acids is 1. The average Bonchev–Trinajstić information content (AvgIpc) is 2.43. The monoisotopic (exact) mass is 278 g/mol. The first-order chi connectivity index (χ1) is 9.10.